The van der Waals surface area contributed by atoms with Crippen molar-refractivity contribution in [3.05, 3.63) is 41.0 Å². The van der Waals surface area contributed by atoms with E-state index in [-0.39, 0.29) is 11.3 Å². The van der Waals surface area contributed by atoms with Crippen molar-refractivity contribution in [1.82, 2.24) is 14.5 Å². The van der Waals surface area contributed by atoms with E-state index in [1.165, 1.54) is 0 Å². The van der Waals surface area contributed by atoms with E-state index in [1.54, 1.807) is 16.7 Å². The molecule has 2 aromatic heterocycles. The third kappa shape index (κ3) is 2.97. The lowest BCUT2D eigenvalue weighted by Crippen LogP contribution is -2.36. The molecule has 0 unspecified atom stereocenters. The number of aromatic hydroxyl groups is 1. The lowest BCUT2D eigenvalue weighted by Gasteiger charge is -2.23. The van der Waals surface area contributed by atoms with E-state index < -0.39 is 0 Å². The van der Waals surface area contributed by atoms with E-state index in [1.807, 2.05) is 26.0 Å². The molecule has 1 aromatic carbocycles. The number of likely N-dealkylation sites (N-methyl/N-ethyl adjacent to an activating group) is 1. The molecule has 29 heavy (non-hydrogen) atoms. The molecule has 0 bridgehead atoms. The predicted molar refractivity (Wildman–Crippen MR) is 112 cm³/mol. The molecule has 7 nitrogen and oxygen atoms in total. The smallest absolute Gasteiger partial charge is 0.215 e. The number of hydrogen-bond acceptors (Lipinski definition) is 6. The number of rotatable bonds is 5. The topological polar surface area (TPSA) is 100 Å². The minimum absolute atomic E-state index is 0.0773. The normalized spacial score (nSPS) is 14.9. The van der Waals surface area contributed by atoms with Crippen LogP contribution in [0.15, 0.2) is 24.3 Å². The van der Waals surface area contributed by atoms with Gasteiger partial charge in [-0.15, -0.1) is 0 Å². The summed E-state index contributed by atoms with van der Waals surface area (Å²) in [6.45, 7) is 4.32. The molecule has 2 heterocycles. The fourth-order valence-corrected chi connectivity index (χ4v) is 3.83. The van der Waals surface area contributed by atoms with Crippen LogP contribution < -0.4 is 10.5 Å². The number of phenolic OH excluding ortho intramolecular Hbond substituents is 1. The highest BCUT2D eigenvalue weighted by atomic mass is 16.5. The van der Waals surface area contributed by atoms with Gasteiger partial charge in [-0.25, -0.2) is 0 Å². The molecule has 0 amide bonds. The fourth-order valence-electron chi connectivity index (χ4n) is 3.83. The van der Waals surface area contributed by atoms with E-state index >= 15 is 0 Å². The number of aromatic nitrogens is 2. The summed E-state index contributed by atoms with van der Waals surface area (Å²) >= 11 is 0. The number of nitrogen functional groups attached to an aromatic ring is 1. The van der Waals surface area contributed by atoms with Crippen LogP contribution in [0.1, 0.15) is 29.5 Å². The number of nitrogens with zero attached hydrogens (tertiary/aromatic N) is 4. The van der Waals surface area contributed by atoms with Crippen LogP contribution in [0.25, 0.3) is 16.7 Å². The number of benzene rings is 1. The quantitative estimate of drug-likeness (QED) is 0.692. The number of nitriles is 1. The van der Waals surface area contributed by atoms with Crippen LogP contribution in [0.2, 0.25) is 0 Å². The van der Waals surface area contributed by atoms with Crippen LogP contribution in [-0.2, 0) is 0 Å². The van der Waals surface area contributed by atoms with Gasteiger partial charge in [0.1, 0.15) is 29.8 Å². The molecule has 0 radical (unpaired) electrons. The molecule has 0 spiro atoms. The molecule has 0 saturated heterocycles. The Bertz CT molecular complexity index is 1150. The van der Waals surface area contributed by atoms with Gasteiger partial charge in [0.2, 0.25) is 5.88 Å². The molecule has 3 aromatic rings. The van der Waals surface area contributed by atoms with Crippen molar-refractivity contribution in [3.63, 3.8) is 0 Å². The van der Waals surface area contributed by atoms with Gasteiger partial charge in [-0.3, -0.25) is 4.57 Å². The molecule has 150 valence electrons. The Balaban J connectivity index is 1.85. The molecule has 0 atom stereocenters. The Hall–Kier alpha value is -3.24. The first-order valence-electron chi connectivity index (χ1n) is 9.60. The third-order valence-electron chi connectivity index (χ3n) is 6.03. The van der Waals surface area contributed by atoms with Crippen molar-refractivity contribution in [1.29, 1.82) is 5.26 Å². The Morgan fingerprint density at radius 1 is 1.28 bits per heavy atom. The molecular weight excluding hydrogens is 366 g/mol. The molecule has 1 fully saturated rings. The minimum Gasteiger partial charge on any atom is -0.508 e. The zero-order valence-corrected chi connectivity index (χ0v) is 17.2. The van der Waals surface area contributed by atoms with Crippen molar-refractivity contribution in [3.8, 4) is 23.4 Å². The summed E-state index contributed by atoms with van der Waals surface area (Å²) in [5.74, 6) is 0.958. The lowest BCUT2D eigenvalue weighted by atomic mass is 10.1. The van der Waals surface area contributed by atoms with Gasteiger partial charge < -0.3 is 20.5 Å². The average molecular weight is 391 g/mol. The van der Waals surface area contributed by atoms with Crippen LogP contribution in [0.5, 0.6) is 11.6 Å². The maximum absolute atomic E-state index is 10.2. The maximum Gasteiger partial charge on any atom is 0.215 e. The van der Waals surface area contributed by atoms with Gasteiger partial charge >= 0.3 is 0 Å². The number of ether oxygens (including phenoxy) is 1. The molecule has 0 aliphatic heterocycles. The number of phenols is 1. The van der Waals surface area contributed by atoms with Crippen molar-refractivity contribution < 1.29 is 9.84 Å². The van der Waals surface area contributed by atoms with E-state index in [9.17, 15) is 10.4 Å². The van der Waals surface area contributed by atoms with Gasteiger partial charge in [0.05, 0.1) is 11.2 Å². The van der Waals surface area contributed by atoms with Crippen molar-refractivity contribution in [2.75, 3.05) is 26.4 Å². The molecule has 3 N–H and O–H groups in total. The highest BCUT2D eigenvalue weighted by Gasteiger charge is 2.45. The fraction of sp³-hybridized carbons (Fsp3) is 0.364. The van der Waals surface area contributed by atoms with Crippen LogP contribution in [0, 0.1) is 25.2 Å². The second-order valence-corrected chi connectivity index (χ2v) is 8.01. The Morgan fingerprint density at radius 3 is 2.62 bits per heavy atom. The number of pyridine rings is 1. The number of anilines is 1. The maximum atomic E-state index is 10.2. The van der Waals surface area contributed by atoms with Crippen molar-refractivity contribution in [2.45, 2.75) is 32.2 Å². The van der Waals surface area contributed by atoms with Crippen LogP contribution in [0.3, 0.4) is 0 Å². The average Bonchev–Trinajstić information content (AvgIpc) is 3.44. The molecular formula is C22H25N5O2. The second-order valence-electron chi connectivity index (χ2n) is 8.01. The van der Waals surface area contributed by atoms with Gasteiger partial charge in [-0.05, 0) is 58.5 Å². The Labute approximate surface area is 169 Å². The van der Waals surface area contributed by atoms with Gasteiger partial charge in [-0.1, -0.05) is 6.07 Å². The van der Waals surface area contributed by atoms with Gasteiger partial charge in [0.25, 0.3) is 0 Å². The lowest BCUT2D eigenvalue weighted by molar-refractivity contribution is 0.163. The number of hydrogen-bond donors (Lipinski definition) is 2. The Morgan fingerprint density at radius 2 is 2.00 bits per heavy atom. The predicted octanol–water partition coefficient (Wildman–Crippen LogP) is 3.27. The minimum atomic E-state index is 0.0773. The Kier molecular flexibility index (Phi) is 4.39. The van der Waals surface area contributed by atoms with Crippen LogP contribution >= 0.6 is 0 Å². The van der Waals surface area contributed by atoms with Crippen molar-refractivity contribution >= 4 is 16.9 Å². The first-order chi connectivity index (χ1) is 13.8. The second kappa shape index (κ2) is 6.68. The van der Waals surface area contributed by atoms with Crippen molar-refractivity contribution in [2.24, 2.45) is 0 Å². The molecule has 7 heteroatoms. The van der Waals surface area contributed by atoms with Crippen LogP contribution in [0.4, 0.5) is 5.82 Å². The summed E-state index contributed by atoms with van der Waals surface area (Å²) in [5.41, 5.74) is 9.68. The van der Waals surface area contributed by atoms with Gasteiger partial charge in [-0.2, -0.15) is 10.2 Å². The highest BCUT2D eigenvalue weighted by Crippen LogP contribution is 2.41. The summed E-state index contributed by atoms with van der Waals surface area (Å²) in [6, 6.07) is 9.27. The molecule has 4 rings (SSSR count). The zero-order valence-electron chi connectivity index (χ0n) is 17.2. The number of aryl methyl sites for hydroxylation is 1. The SMILES string of the molecule is Cc1ccc(O)c(C)c1-n1c(N)c(C#N)c2ccc(OCC3(N(C)C)CC3)nc21. The van der Waals surface area contributed by atoms with E-state index in [4.69, 9.17) is 15.5 Å². The third-order valence-corrected chi connectivity index (χ3v) is 6.03. The highest BCUT2D eigenvalue weighted by molar-refractivity contribution is 5.92. The summed E-state index contributed by atoms with van der Waals surface area (Å²) < 4.78 is 7.76. The largest absolute Gasteiger partial charge is 0.508 e. The molecule has 1 saturated carbocycles. The molecule has 1 aliphatic carbocycles. The van der Waals surface area contributed by atoms with Crippen LogP contribution in [-0.4, -0.2) is 45.8 Å². The zero-order chi connectivity index (χ0) is 20.9. The standard InChI is InChI=1S/C22H25N5O2/c1-13-5-7-17(28)14(2)19(13)27-20(24)16(11-23)15-6-8-18(25-21(15)27)29-12-22(9-10-22)26(3)4/h5-8,28H,9-10,12,24H2,1-4H3. The van der Waals surface area contributed by atoms with E-state index in [2.05, 4.69) is 25.1 Å². The summed E-state index contributed by atoms with van der Waals surface area (Å²) in [5, 5.41) is 20.6. The van der Waals surface area contributed by atoms with E-state index in [0.29, 0.717) is 40.5 Å². The van der Waals surface area contributed by atoms with Gasteiger partial charge in [0, 0.05) is 17.0 Å². The summed E-state index contributed by atoms with van der Waals surface area (Å²) in [4.78, 5) is 6.89. The summed E-state index contributed by atoms with van der Waals surface area (Å²) in [6.07, 6.45) is 2.21. The molecule has 1 aliphatic rings. The first-order valence-corrected chi connectivity index (χ1v) is 9.60. The first kappa shape index (κ1) is 19.1. The monoisotopic (exact) mass is 391 g/mol. The van der Waals surface area contributed by atoms with E-state index in [0.717, 1.165) is 24.1 Å². The number of nitrogens with two attached hydrogens (primary N) is 1. The summed E-state index contributed by atoms with van der Waals surface area (Å²) in [7, 11) is 4.12. The number of fused-ring (bicyclic) bond motifs is 1. The van der Waals surface area contributed by atoms with Gasteiger partial charge in [0.15, 0.2) is 5.65 Å².